The summed E-state index contributed by atoms with van der Waals surface area (Å²) in [6, 6.07) is 6.34. The summed E-state index contributed by atoms with van der Waals surface area (Å²) in [4.78, 5) is 15.1. The molecule has 0 bridgehead atoms. The Labute approximate surface area is 129 Å². The van der Waals surface area contributed by atoms with Crippen LogP contribution in [0.25, 0.3) is 16.3 Å². The number of aromatic hydroxyl groups is 1. The third kappa shape index (κ3) is 2.32. The van der Waals surface area contributed by atoms with E-state index in [0.29, 0.717) is 16.8 Å². The Kier molecular flexibility index (Phi) is 3.37. The number of hydrogen-bond donors (Lipinski definition) is 2. The van der Waals surface area contributed by atoms with Gasteiger partial charge in [0, 0.05) is 41.3 Å². The van der Waals surface area contributed by atoms with E-state index in [-0.39, 0.29) is 11.3 Å². The zero-order chi connectivity index (χ0) is 15.7. The molecule has 0 atom stereocenters. The normalized spacial score (nSPS) is 10.3. The number of thiazole rings is 1. The number of carboxylic acids is 1. The van der Waals surface area contributed by atoms with E-state index >= 15 is 0 Å². The quantitative estimate of drug-likeness (QED) is 0.775. The molecule has 0 unspecified atom stereocenters. The molecule has 0 aliphatic rings. The molecule has 0 amide bonds. The highest BCUT2D eigenvalue weighted by Gasteiger charge is 2.14. The lowest BCUT2D eigenvalue weighted by Gasteiger charge is -2.05. The molecule has 0 saturated carbocycles. The van der Waals surface area contributed by atoms with Crippen molar-refractivity contribution >= 4 is 17.3 Å². The second-order valence-electron chi connectivity index (χ2n) is 4.45. The van der Waals surface area contributed by atoms with Crippen LogP contribution in [0.15, 0.2) is 42.2 Å². The molecule has 6 nitrogen and oxygen atoms in total. The maximum atomic E-state index is 10.9. The van der Waals surface area contributed by atoms with Gasteiger partial charge >= 0.3 is 5.97 Å². The lowest BCUT2D eigenvalue weighted by Crippen LogP contribution is -1.98. The van der Waals surface area contributed by atoms with Crippen LogP contribution in [0.5, 0.6) is 5.75 Å². The van der Waals surface area contributed by atoms with Crippen LogP contribution in [-0.4, -0.2) is 25.7 Å². The maximum Gasteiger partial charge on any atom is 0.339 e. The second-order valence-corrected chi connectivity index (χ2v) is 5.34. The van der Waals surface area contributed by atoms with Crippen molar-refractivity contribution in [3.05, 3.63) is 53.3 Å². The minimum Gasteiger partial charge on any atom is -0.507 e. The Morgan fingerprint density at radius 1 is 1.36 bits per heavy atom. The van der Waals surface area contributed by atoms with Crippen molar-refractivity contribution in [1.29, 1.82) is 5.26 Å². The summed E-state index contributed by atoms with van der Waals surface area (Å²) in [5, 5.41) is 30.5. The first-order valence-electron chi connectivity index (χ1n) is 6.19. The standard InChI is InChI=1S/C15H9N3O3S/c16-6-9-7-18(8-12(9)14-17-3-4-22-14)10-1-2-11(15(20)21)13(19)5-10/h1-5,7-8,19H,(H,20,21). The Balaban J connectivity index is 2.08. The Bertz CT molecular complexity index is 891. The number of phenols is 1. The summed E-state index contributed by atoms with van der Waals surface area (Å²) in [6.07, 6.45) is 5.00. The van der Waals surface area contributed by atoms with E-state index < -0.39 is 5.97 Å². The van der Waals surface area contributed by atoms with E-state index in [1.165, 1.54) is 23.5 Å². The molecule has 2 aromatic heterocycles. The average Bonchev–Trinajstić information content (AvgIpc) is 3.15. The summed E-state index contributed by atoms with van der Waals surface area (Å²) in [7, 11) is 0. The fourth-order valence-corrected chi connectivity index (χ4v) is 2.74. The van der Waals surface area contributed by atoms with Gasteiger partial charge in [-0.15, -0.1) is 11.3 Å². The van der Waals surface area contributed by atoms with Crippen molar-refractivity contribution in [1.82, 2.24) is 9.55 Å². The fourth-order valence-electron chi connectivity index (χ4n) is 2.08. The number of benzene rings is 1. The number of aromatic nitrogens is 2. The van der Waals surface area contributed by atoms with Crippen molar-refractivity contribution in [3.8, 4) is 28.1 Å². The maximum absolute atomic E-state index is 10.9. The van der Waals surface area contributed by atoms with Crippen LogP contribution < -0.4 is 0 Å². The van der Waals surface area contributed by atoms with Crippen LogP contribution in [0.3, 0.4) is 0 Å². The molecule has 108 valence electrons. The van der Waals surface area contributed by atoms with Crippen LogP contribution in [-0.2, 0) is 0 Å². The van der Waals surface area contributed by atoms with Crippen LogP contribution >= 0.6 is 11.3 Å². The predicted molar refractivity (Wildman–Crippen MR) is 80.2 cm³/mol. The molecular weight excluding hydrogens is 302 g/mol. The van der Waals surface area contributed by atoms with Crippen molar-refractivity contribution < 1.29 is 15.0 Å². The van der Waals surface area contributed by atoms with Crippen molar-refractivity contribution in [2.75, 3.05) is 0 Å². The summed E-state index contributed by atoms with van der Waals surface area (Å²) < 4.78 is 1.65. The van der Waals surface area contributed by atoms with Gasteiger partial charge in [0.25, 0.3) is 0 Å². The molecule has 3 rings (SSSR count). The number of hydrogen-bond acceptors (Lipinski definition) is 5. The SMILES string of the molecule is N#Cc1cn(-c2ccc(C(=O)O)c(O)c2)cc1-c1nccs1. The molecule has 22 heavy (non-hydrogen) atoms. The largest absolute Gasteiger partial charge is 0.507 e. The van der Waals surface area contributed by atoms with Crippen molar-refractivity contribution in [3.63, 3.8) is 0 Å². The molecule has 1 aromatic carbocycles. The lowest BCUT2D eigenvalue weighted by molar-refractivity contribution is 0.0694. The first kappa shape index (κ1) is 13.9. The molecule has 0 fully saturated rings. The number of carbonyl (C=O) groups is 1. The molecule has 7 heteroatoms. The highest BCUT2D eigenvalue weighted by molar-refractivity contribution is 7.13. The third-order valence-electron chi connectivity index (χ3n) is 3.12. The molecule has 0 spiro atoms. The summed E-state index contributed by atoms with van der Waals surface area (Å²) in [6.45, 7) is 0. The van der Waals surface area contributed by atoms with Crippen molar-refractivity contribution in [2.45, 2.75) is 0 Å². The molecule has 2 heterocycles. The Hall–Kier alpha value is -3.11. The number of carboxylic acid groups (broad SMARTS) is 1. The predicted octanol–water partition coefficient (Wildman–Crippen LogP) is 2.88. The molecule has 0 aliphatic carbocycles. The van der Waals surface area contributed by atoms with Gasteiger partial charge in [0.05, 0.1) is 5.56 Å². The molecule has 2 N–H and O–H groups in total. The van der Waals surface area contributed by atoms with Gasteiger partial charge in [0.15, 0.2) is 0 Å². The molecular formula is C15H9N3O3S. The summed E-state index contributed by atoms with van der Waals surface area (Å²) in [5.41, 5.74) is 1.54. The van der Waals surface area contributed by atoms with Crippen LogP contribution in [0, 0.1) is 11.3 Å². The van der Waals surface area contributed by atoms with Gasteiger partial charge in [0.2, 0.25) is 0 Å². The van der Waals surface area contributed by atoms with Gasteiger partial charge in [-0.05, 0) is 12.1 Å². The highest BCUT2D eigenvalue weighted by atomic mass is 32.1. The van der Waals surface area contributed by atoms with E-state index in [1.54, 1.807) is 29.2 Å². The van der Waals surface area contributed by atoms with Gasteiger partial charge in [-0.1, -0.05) is 0 Å². The van der Waals surface area contributed by atoms with E-state index in [4.69, 9.17) is 5.11 Å². The monoisotopic (exact) mass is 311 g/mol. The zero-order valence-electron chi connectivity index (χ0n) is 11.1. The summed E-state index contributed by atoms with van der Waals surface area (Å²) in [5.74, 6) is -1.52. The van der Waals surface area contributed by atoms with Crippen LogP contribution in [0.2, 0.25) is 0 Å². The zero-order valence-corrected chi connectivity index (χ0v) is 11.9. The molecule has 0 radical (unpaired) electrons. The van der Waals surface area contributed by atoms with Crippen LogP contribution in [0.4, 0.5) is 0 Å². The molecule has 3 aromatic rings. The number of aromatic carboxylic acids is 1. The number of nitrogens with zero attached hydrogens (tertiary/aromatic N) is 3. The van der Waals surface area contributed by atoms with E-state index in [1.807, 2.05) is 5.38 Å². The van der Waals surface area contributed by atoms with Gasteiger partial charge < -0.3 is 14.8 Å². The number of nitriles is 1. The highest BCUT2D eigenvalue weighted by Crippen LogP contribution is 2.29. The van der Waals surface area contributed by atoms with E-state index in [2.05, 4.69) is 11.1 Å². The summed E-state index contributed by atoms with van der Waals surface area (Å²) >= 11 is 1.42. The van der Waals surface area contributed by atoms with E-state index in [9.17, 15) is 15.2 Å². The number of rotatable bonds is 3. The topological polar surface area (TPSA) is 99.1 Å². The third-order valence-corrected chi connectivity index (χ3v) is 3.93. The van der Waals surface area contributed by atoms with Gasteiger partial charge in [0.1, 0.15) is 22.4 Å². The molecule has 0 saturated heterocycles. The van der Waals surface area contributed by atoms with Crippen LogP contribution in [0.1, 0.15) is 15.9 Å². The van der Waals surface area contributed by atoms with Gasteiger partial charge in [-0.25, -0.2) is 9.78 Å². The first-order valence-corrected chi connectivity index (χ1v) is 7.06. The minimum absolute atomic E-state index is 0.170. The fraction of sp³-hybridized carbons (Fsp3) is 0. The average molecular weight is 311 g/mol. The van der Waals surface area contributed by atoms with E-state index in [0.717, 1.165) is 5.01 Å². The second kappa shape index (κ2) is 5.35. The smallest absolute Gasteiger partial charge is 0.339 e. The van der Waals surface area contributed by atoms with Gasteiger partial charge in [-0.3, -0.25) is 0 Å². The Morgan fingerprint density at radius 2 is 2.18 bits per heavy atom. The Morgan fingerprint density at radius 3 is 2.77 bits per heavy atom. The van der Waals surface area contributed by atoms with Crippen molar-refractivity contribution in [2.24, 2.45) is 0 Å². The van der Waals surface area contributed by atoms with Gasteiger partial charge in [-0.2, -0.15) is 5.26 Å². The first-order chi connectivity index (χ1) is 10.6. The lowest BCUT2D eigenvalue weighted by atomic mass is 10.2. The minimum atomic E-state index is -1.20. The molecule has 0 aliphatic heterocycles.